The number of carbonyl (C=O) groups excluding carboxylic acids is 1. The smallest absolute Gasteiger partial charge is 0.227 e. The third-order valence-corrected chi connectivity index (χ3v) is 5.91. The van der Waals surface area contributed by atoms with E-state index in [1.54, 1.807) is 24.1 Å². The van der Waals surface area contributed by atoms with Crippen molar-refractivity contribution in [3.8, 4) is 0 Å². The Balaban J connectivity index is 1.79. The molecule has 28 heavy (non-hydrogen) atoms. The average molecular weight is 422 g/mol. The van der Waals surface area contributed by atoms with Crippen LogP contribution >= 0.6 is 23.2 Å². The molecule has 1 amide bonds. The Morgan fingerprint density at radius 3 is 2.71 bits per heavy atom. The summed E-state index contributed by atoms with van der Waals surface area (Å²) in [4.78, 5) is 16.9. The second-order valence-corrected chi connectivity index (χ2v) is 8.13. The van der Waals surface area contributed by atoms with Gasteiger partial charge in [0.15, 0.2) is 0 Å². The van der Waals surface area contributed by atoms with Crippen LogP contribution in [0.15, 0.2) is 42.5 Å². The molecular formula is C21H25Cl2N3O2. The van der Waals surface area contributed by atoms with Crippen LogP contribution in [0, 0.1) is 0 Å². The number of nitrogen functional groups attached to an aromatic ring is 1. The molecule has 0 aliphatic carbocycles. The summed E-state index contributed by atoms with van der Waals surface area (Å²) in [6.07, 6.45) is 0.679. The van der Waals surface area contributed by atoms with Gasteiger partial charge in [-0.15, -0.1) is 0 Å². The fraction of sp³-hybridized carbons (Fsp3) is 0.381. The van der Waals surface area contributed by atoms with Crippen LogP contribution in [0.25, 0.3) is 0 Å². The number of halogens is 2. The third-order valence-electron chi connectivity index (χ3n) is 5.17. The lowest BCUT2D eigenvalue weighted by atomic mass is 10.0. The van der Waals surface area contributed by atoms with Gasteiger partial charge in [-0.05, 0) is 41.8 Å². The van der Waals surface area contributed by atoms with Crippen molar-refractivity contribution >= 4 is 34.8 Å². The standard InChI is InChI=1S/C21H25Cl2N3O2/c1-25(21(28)10-14-5-6-18(22)19(23)9-14)20(13-26-8-7-17(27)12-26)15-3-2-4-16(24)11-15/h2-6,9,11,17,20,27H,7-8,10,12-13,24H2,1H3/t17?,20-/m1/s1. The fourth-order valence-electron chi connectivity index (χ4n) is 3.56. The molecular weight excluding hydrogens is 397 g/mol. The number of anilines is 1. The SMILES string of the molecule is CN(C(=O)Cc1ccc(Cl)c(Cl)c1)[C@H](CN1CCC(O)C1)c1cccc(N)c1. The number of nitrogens with two attached hydrogens (primary N) is 1. The summed E-state index contributed by atoms with van der Waals surface area (Å²) >= 11 is 12.0. The molecule has 0 aromatic heterocycles. The van der Waals surface area contributed by atoms with Gasteiger partial charge in [0, 0.05) is 32.4 Å². The molecule has 2 aromatic rings. The molecule has 3 rings (SSSR count). The molecule has 1 saturated heterocycles. The molecule has 150 valence electrons. The number of benzene rings is 2. The predicted octanol–water partition coefficient (Wildman–Crippen LogP) is 3.38. The minimum atomic E-state index is -0.307. The highest BCUT2D eigenvalue weighted by atomic mass is 35.5. The van der Waals surface area contributed by atoms with Crippen molar-refractivity contribution in [1.82, 2.24) is 9.80 Å². The molecule has 0 radical (unpaired) electrons. The van der Waals surface area contributed by atoms with Gasteiger partial charge in [-0.1, -0.05) is 41.4 Å². The van der Waals surface area contributed by atoms with Crippen LogP contribution in [-0.2, 0) is 11.2 Å². The molecule has 7 heteroatoms. The van der Waals surface area contributed by atoms with Crippen molar-refractivity contribution in [3.05, 3.63) is 63.6 Å². The number of β-amino-alcohol motifs (C(OH)–C–C–N with tert-alkyl or cyclic N) is 1. The highest BCUT2D eigenvalue weighted by Gasteiger charge is 2.28. The number of likely N-dealkylation sites (N-methyl/N-ethyl adjacent to an activating group) is 1. The molecule has 1 aliphatic heterocycles. The monoisotopic (exact) mass is 421 g/mol. The lowest BCUT2D eigenvalue weighted by molar-refractivity contribution is -0.131. The number of aliphatic hydroxyl groups excluding tert-OH is 1. The van der Waals surface area contributed by atoms with Gasteiger partial charge in [0.1, 0.15) is 0 Å². The summed E-state index contributed by atoms with van der Waals surface area (Å²) in [7, 11) is 1.81. The van der Waals surface area contributed by atoms with Crippen molar-refractivity contribution in [3.63, 3.8) is 0 Å². The van der Waals surface area contributed by atoms with Gasteiger partial charge in [0.05, 0.1) is 28.6 Å². The summed E-state index contributed by atoms with van der Waals surface area (Å²) in [5.74, 6) is -0.0226. The summed E-state index contributed by atoms with van der Waals surface area (Å²) in [6, 6.07) is 12.7. The Morgan fingerprint density at radius 1 is 1.29 bits per heavy atom. The summed E-state index contributed by atoms with van der Waals surface area (Å²) in [5, 5.41) is 10.8. The molecule has 1 unspecified atom stereocenters. The van der Waals surface area contributed by atoms with E-state index in [9.17, 15) is 9.90 Å². The van der Waals surface area contributed by atoms with Crippen molar-refractivity contribution in [2.75, 3.05) is 32.4 Å². The first-order chi connectivity index (χ1) is 13.3. The predicted molar refractivity (Wildman–Crippen MR) is 114 cm³/mol. The van der Waals surface area contributed by atoms with Crippen LogP contribution in [0.4, 0.5) is 5.69 Å². The maximum absolute atomic E-state index is 13.0. The van der Waals surface area contributed by atoms with E-state index in [-0.39, 0.29) is 24.5 Å². The Labute approximate surface area is 175 Å². The van der Waals surface area contributed by atoms with Gasteiger partial charge in [0.2, 0.25) is 5.91 Å². The Kier molecular flexibility index (Phi) is 6.83. The van der Waals surface area contributed by atoms with Gasteiger partial charge in [-0.3, -0.25) is 9.69 Å². The molecule has 2 aromatic carbocycles. The minimum absolute atomic E-state index is 0.0226. The molecule has 2 atom stereocenters. The molecule has 1 heterocycles. The Morgan fingerprint density at radius 2 is 2.07 bits per heavy atom. The Bertz CT molecular complexity index is 846. The number of carbonyl (C=O) groups is 1. The van der Waals surface area contributed by atoms with Gasteiger partial charge in [-0.2, -0.15) is 0 Å². The number of hydrogen-bond donors (Lipinski definition) is 2. The summed E-state index contributed by atoms with van der Waals surface area (Å²) < 4.78 is 0. The number of likely N-dealkylation sites (tertiary alicyclic amines) is 1. The number of hydrogen-bond acceptors (Lipinski definition) is 4. The third kappa shape index (κ3) is 5.17. The Hall–Kier alpha value is -1.79. The zero-order valence-electron chi connectivity index (χ0n) is 15.8. The first kappa shape index (κ1) is 20.9. The van der Waals surface area contributed by atoms with Crippen LogP contribution in [0.2, 0.25) is 10.0 Å². The van der Waals surface area contributed by atoms with Crippen LogP contribution in [0.1, 0.15) is 23.6 Å². The maximum atomic E-state index is 13.0. The van der Waals surface area contributed by atoms with E-state index in [1.807, 2.05) is 30.3 Å². The highest BCUT2D eigenvalue weighted by Crippen LogP contribution is 2.27. The van der Waals surface area contributed by atoms with Crippen LogP contribution < -0.4 is 5.73 Å². The van der Waals surface area contributed by atoms with Crippen LogP contribution in [-0.4, -0.2) is 53.6 Å². The van der Waals surface area contributed by atoms with Gasteiger partial charge < -0.3 is 15.7 Å². The molecule has 0 saturated carbocycles. The number of aliphatic hydroxyl groups is 1. The fourth-order valence-corrected chi connectivity index (χ4v) is 3.88. The maximum Gasteiger partial charge on any atom is 0.227 e. The second kappa shape index (κ2) is 9.14. The van der Waals surface area contributed by atoms with Crippen molar-refractivity contribution in [1.29, 1.82) is 0 Å². The van der Waals surface area contributed by atoms with Crippen LogP contribution in [0.5, 0.6) is 0 Å². The largest absolute Gasteiger partial charge is 0.399 e. The number of rotatable bonds is 6. The minimum Gasteiger partial charge on any atom is -0.399 e. The molecule has 0 bridgehead atoms. The van der Waals surface area contributed by atoms with Crippen molar-refractivity contribution in [2.45, 2.75) is 25.0 Å². The quantitative estimate of drug-likeness (QED) is 0.701. The highest BCUT2D eigenvalue weighted by molar-refractivity contribution is 6.42. The van der Waals surface area contributed by atoms with E-state index in [4.69, 9.17) is 28.9 Å². The van der Waals surface area contributed by atoms with Gasteiger partial charge >= 0.3 is 0 Å². The molecule has 3 N–H and O–H groups in total. The lowest BCUT2D eigenvalue weighted by Gasteiger charge is -2.32. The van der Waals surface area contributed by atoms with Crippen molar-refractivity contribution in [2.24, 2.45) is 0 Å². The van der Waals surface area contributed by atoms with E-state index in [1.165, 1.54) is 0 Å². The van der Waals surface area contributed by atoms with E-state index < -0.39 is 0 Å². The normalized spacial score (nSPS) is 18.2. The van der Waals surface area contributed by atoms with Gasteiger partial charge in [0.25, 0.3) is 0 Å². The van der Waals surface area contributed by atoms with E-state index in [0.717, 1.165) is 24.1 Å². The summed E-state index contributed by atoms with van der Waals surface area (Å²) in [6.45, 7) is 2.08. The topological polar surface area (TPSA) is 69.8 Å². The zero-order valence-corrected chi connectivity index (χ0v) is 17.3. The van der Waals surface area contributed by atoms with Crippen LogP contribution in [0.3, 0.4) is 0 Å². The first-order valence-electron chi connectivity index (χ1n) is 9.29. The zero-order chi connectivity index (χ0) is 20.3. The molecule has 5 nitrogen and oxygen atoms in total. The molecule has 1 aliphatic rings. The average Bonchev–Trinajstić information content (AvgIpc) is 3.07. The lowest BCUT2D eigenvalue weighted by Crippen LogP contribution is -2.39. The molecule has 1 fully saturated rings. The number of nitrogens with zero attached hydrogens (tertiary/aromatic N) is 2. The van der Waals surface area contributed by atoms with E-state index in [2.05, 4.69) is 4.90 Å². The number of amides is 1. The summed E-state index contributed by atoms with van der Waals surface area (Å²) in [5.41, 5.74) is 8.43. The first-order valence-corrected chi connectivity index (χ1v) is 10.0. The van der Waals surface area contributed by atoms with Gasteiger partial charge in [-0.25, -0.2) is 0 Å². The van der Waals surface area contributed by atoms with Crippen molar-refractivity contribution < 1.29 is 9.90 Å². The van der Waals surface area contributed by atoms with E-state index in [0.29, 0.717) is 28.8 Å². The van der Waals surface area contributed by atoms with E-state index >= 15 is 0 Å². The second-order valence-electron chi connectivity index (χ2n) is 7.32. The molecule has 0 spiro atoms.